The minimum atomic E-state index is 0.723. The van der Waals surface area contributed by atoms with Crippen LogP contribution in [0.3, 0.4) is 0 Å². The zero-order valence-electron chi connectivity index (χ0n) is 11.9. The standard InChI is InChI=1S/C14H20N4O/c1-5-6-16-12-7-13(9-15-8-12)19-14-10(2)17-18(4)11(14)3/h7-9,16H,5-6H2,1-4H3. The van der Waals surface area contributed by atoms with Gasteiger partial charge in [-0.25, -0.2) is 0 Å². The molecule has 2 aromatic rings. The van der Waals surface area contributed by atoms with Gasteiger partial charge in [0.2, 0.25) is 0 Å². The van der Waals surface area contributed by atoms with Crippen LogP contribution in [0.4, 0.5) is 5.69 Å². The number of anilines is 1. The van der Waals surface area contributed by atoms with E-state index in [1.165, 1.54) is 0 Å². The molecule has 0 saturated carbocycles. The lowest BCUT2D eigenvalue weighted by atomic mass is 10.3. The summed E-state index contributed by atoms with van der Waals surface area (Å²) in [6.07, 6.45) is 4.58. The Kier molecular flexibility index (Phi) is 4.04. The van der Waals surface area contributed by atoms with Crippen LogP contribution in [0.2, 0.25) is 0 Å². The Morgan fingerprint density at radius 3 is 2.74 bits per heavy atom. The fourth-order valence-corrected chi connectivity index (χ4v) is 1.86. The van der Waals surface area contributed by atoms with E-state index >= 15 is 0 Å². The molecule has 0 spiro atoms. The molecule has 0 aliphatic heterocycles. The average molecular weight is 260 g/mol. The van der Waals surface area contributed by atoms with Crippen LogP contribution in [0.5, 0.6) is 11.5 Å². The van der Waals surface area contributed by atoms with E-state index < -0.39 is 0 Å². The first-order chi connectivity index (χ1) is 9.11. The highest BCUT2D eigenvalue weighted by Crippen LogP contribution is 2.28. The van der Waals surface area contributed by atoms with Gasteiger partial charge < -0.3 is 10.1 Å². The third-order valence-electron chi connectivity index (χ3n) is 2.95. The van der Waals surface area contributed by atoms with Crippen molar-refractivity contribution in [2.24, 2.45) is 7.05 Å². The van der Waals surface area contributed by atoms with Crippen molar-refractivity contribution in [3.8, 4) is 11.5 Å². The first-order valence-corrected chi connectivity index (χ1v) is 6.48. The van der Waals surface area contributed by atoms with Gasteiger partial charge in [0.15, 0.2) is 5.75 Å². The molecule has 0 radical (unpaired) electrons. The molecule has 2 rings (SSSR count). The van der Waals surface area contributed by atoms with Gasteiger partial charge in [-0.3, -0.25) is 9.67 Å². The third kappa shape index (κ3) is 3.05. The molecule has 0 fully saturated rings. The van der Waals surface area contributed by atoms with Crippen LogP contribution in [-0.2, 0) is 7.05 Å². The number of ether oxygens (including phenoxy) is 1. The number of pyridine rings is 1. The van der Waals surface area contributed by atoms with Crippen LogP contribution in [0.1, 0.15) is 24.7 Å². The van der Waals surface area contributed by atoms with E-state index in [2.05, 4.69) is 22.3 Å². The molecule has 2 aromatic heterocycles. The van der Waals surface area contributed by atoms with Crippen molar-refractivity contribution in [2.75, 3.05) is 11.9 Å². The quantitative estimate of drug-likeness (QED) is 0.897. The number of aryl methyl sites for hydroxylation is 2. The molecule has 0 aliphatic carbocycles. The molecule has 0 bridgehead atoms. The van der Waals surface area contributed by atoms with Gasteiger partial charge in [0.25, 0.3) is 0 Å². The normalized spacial score (nSPS) is 10.5. The monoisotopic (exact) mass is 260 g/mol. The summed E-state index contributed by atoms with van der Waals surface area (Å²) in [5, 5.41) is 7.63. The first-order valence-electron chi connectivity index (χ1n) is 6.48. The summed E-state index contributed by atoms with van der Waals surface area (Å²) in [6, 6.07) is 1.95. The van der Waals surface area contributed by atoms with Crippen molar-refractivity contribution >= 4 is 5.69 Å². The van der Waals surface area contributed by atoms with E-state index in [0.29, 0.717) is 0 Å². The molecule has 2 heterocycles. The van der Waals surface area contributed by atoms with Crippen molar-refractivity contribution in [3.63, 3.8) is 0 Å². The summed E-state index contributed by atoms with van der Waals surface area (Å²) in [7, 11) is 1.91. The Morgan fingerprint density at radius 2 is 2.11 bits per heavy atom. The predicted molar refractivity (Wildman–Crippen MR) is 75.8 cm³/mol. The van der Waals surface area contributed by atoms with Gasteiger partial charge in [0.1, 0.15) is 11.4 Å². The van der Waals surface area contributed by atoms with Crippen molar-refractivity contribution in [1.29, 1.82) is 0 Å². The summed E-state index contributed by atoms with van der Waals surface area (Å²) >= 11 is 0. The zero-order valence-corrected chi connectivity index (χ0v) is 11.9. The summed E-state index contributed by atoms with van der Waals surface area (Å²) < 4.78 is 7.71. The van der Waals surface area contributed by atoms with E-state index in [-0.39, 0.29) is 0 Å². The molecule has 1 N–H and O–H groups in total. The highest BCUT2D eigenvalue weighted by Gasteiger charge is 2.11. The Labute approximate surface area is 113 Å². The molecule has 5 heteroatoms. The lowest BCUT2D eigenvalue weighted by Crippen LogP contribution is -2.00. The minimum Gasteiger partial charge on any atom is -0.452 e. The second-order valence-electron chi connectivity index (χ2n) is 4.56. The van der Waals surface area contributed by atoms with Gasteiger partial charge in [-0.15, -0.1) is 0 Å². The molecular weight excluding hydrogens is 240 g/mol. The topological polar surface area (TPSA) is 52.0 Å². The number of aromatic nitrogens is 3. The number of rotatable bonds is 5. The predicted octanol–water partition coefficient (Wildman–Crippen LogP) is 3.05. The van der Waals surface area contributed by atoms with Crippen molar-refractivity contribution in [1.82, 2.24) is 14.8 Å². The summed E-state index contributed by atoms with van der Waals surface area (Å²) in [6.45, 7) is 6.98. The van der Waals surface area contributed by atoms with Gasteiger partial charge in [0, 0.05) is 19.7 Å². The Hall–Kier alpha value is -2.04. The summed E-state index contributed by atoms with van der Waals surface area (Å²) in [5.74, 6) is 1.53. The van der Waals surface area contributed by atoms with Crippen LogP contribution in [0, 0.1) is 13.8 Å². The summed E-state index contributed by atoms with van der Waals surface area (Å²) in [5.41, 5.74) is 2.86. The Morgan fingerprint density at radius 1 is 1.32 bits per heavy atom. The van der Waals surface area contributed by atoms with E-state index in [4.69, 9.17) is 4.74 Å². The van der Waals surface area contributed by atoms with Gasteiger partial charge in [0.05, 0.1) is 23.8 Å². The van der Waals surface area contributed by atoms with Crippen LogP contribution < -0.4 is 10.1 Å². The van der Waals surface area contributed by atoms with Crippen LogP contribution in [0.15, 0.2) is 18.5 Å². The highest BCUT2D eigenvalue weighted by molar-refractivity contribution is 5.47. The lowest BCUT2D eigenvalue weighted by Gasteiger charge is -2.08. The maximum atomic E-state index is 5.90. The first kappa shape index (κ1) is 13.4. The molecule has 0 amide bonds. The maximum absolute atomic E-state index is 5.90. The molecule has 0 saturated heterocycles. The molecule has 102 valence electrons. The molecule has 5 nitrogen and oxygen atoms in total. The maximum Gasteiger partial charge on any atom is 0.171 e. The fraction of sp³-hybridized carbons (Fsp3) is 0.429. The fourth-order valence-electron chi connectivity index (χ4n) is 1.86. The molecule has 0 unspecified atom stereocenters. The second-order valence-corrected chi connectivity index (χ2v) is 4.56. The van der Waals surface area contributed by atoms with E-state index in [1.807, 2.05) is 31.6 Å². The smallest absolute Gasteiger partial charge is 0.171 e. The SMILES string of the molecule is CCCNc1cncc(Oc2c(C)nn(C)c2C)c1. The average Bonchev–Trinajstić information content (AvgIpc) is 2.64. The zero-order chi connectivity index (χ0) is 13.8. The second kappa shape index (κ2) is 5.73. The Bertz CT molecular complexity index is 563. The number of hydrogen-bond donors (Lipinski definition) is 1. The van der Waals surface area contributed by atoms with Gasteiger partial charge in [-0.1, -0.05) is 6.92 Å². The van der Waals surface area contributed by atoms with Gasteiger partial charge >= 0.3 is 0 Å². The molecule has 19 heavy (non-hydrogen) atoms. The van der Waals surface area contributed by atoms with E-state index in [1.54, 1.807) is 12.4 Å². The van der Waals surface area contributed by atoms with Crippen LogP contribution in [0.25, 0.3) is 0 Å². The molecule has 0 atom stereocenters. The molecule has 0 aromatic carbocycles. The van der Waals surface area contributed by atoms with Crippen molar-refractivity contribution in [3.05, 3.63) is 29.8 Å². The molecule has 0 aliphatic rings. The van der Waals surface area contributed by atoms with Crippen LogP contribution in [-0.4, -0.2) is 21.3 Å². The minimum absolute atomic E-state index is 0.723. The van der Waals surface area contributed by atoms with Gasteiger partial charge in [-0.2, -0.15) is 5.10 Å². The lowest BCUT2D eigenvalue weighted by molar-refractivity contribution is 0.472. The third-order valence-corrected chi connectivity index (χ3v) is 2.95. The summed E-state index contributed by atoms with van der Waals surface area (Å²) in [4.78, 5) is 4.19. The molecular formula is C14H20N4O. The van der Waals surface area contributed by atoms with Crippen LogP contribution >= 0.6 is 0 Å². The number of hydrogen-bond acceptors (Lipinski definition) is 4. The highest BCUT2D eigenvalue weighted by atomic mass is 16.5. The number of nitrogens with zero attached hydrogens (tertiary/aromatic N) is 3. The van der Waals surface area contributed by atoms with E-state index in [0.717, 1.165) is 41.5 Å². The van der Waals surface area contributed by atoms with E-state index in [9.17, 15) is 0 Å². The van der Waals surface area contributed by atoms with Gasteiger partial charge in [-0.05, 0) is 20.3 Å². The van der Waals surface area contributed by atoms with Crippen molar-refractivity contribution in [2.45, 2.75) is 27.2 Å². The largest absolute Gasteiger partial charge is 0.452 e. The Balaban J connectivity index is 2.18. The van der Waals surface area contributed by atoms with Crippen molar-refractivity contribution < 1.29 is 4.74 Å². The number of nitrogens with one attached hydrogen (secondary N) is 1.